The lowest BCUT2D eigenvalue weighted by Gasteiger charge is -2.37. The van der Waals surface area contributed by atoms with Gasteiger partial charge in [0.2, 0.25) is 0 Å². The van der Waals surface area contributed by atoms with E-state index in [-0.39, 0.29) is 33.3 Å². The SMILES string of the molecule is Cc1cc2n(n1)[C@@H](C(F)F)C[C@H](C)N2C(=O)c1sc2cccc(OC(F)F)c2c1Cl. The van der Waals surface area contributed by atoms with Crippen molar-refractivity contribution in [2.24, 2.45) is 0 Å². The Morgan fingerprint density at radius 2 is 2.07 bits per heavy atom. The molecule has 30 heavy (non-hydrogen) atoms. The zero-order chi connectivity index (χ0) is 21.7. The van der Waals surface area contributed by atoms with E-state index in [1.807, 2.05) is 0 Å². The van der Waals surface area contributed by atoms with Gasteiger partial charge in [-0.3, -0.25) is 9.69 Å². The molecule has 5 nitrogen and oxygen atoms in total. The van der Waals surface area contributed by atoms with Crippen molar-refractivity contribution >= 4 is 44.7 Å². The number of fused-ring (bicyclic) bond motifs is 2. The number of carbonyl (C=O) groups excluding carboxylic acids is 1. The van der Waals surface area contributed by atoms with E-state index < -0.39 is 31.0 Å². The number of aryl methyl sites for hydroxylation is 1. The van der Waals surface area contributed by atoms with Gasteiger partial charge in [-0.05, 0) is 32.4 Å². The molecule has 0 aliphatic carbocycles. The minimum absolute atomic E-state index is 0.0118. The number of thiophene rings is 1. The number of hydrogen-bond donors (Lipinski definition) is 0. The number of halogens is 5. The zero-order valence-electron chi connectivity index (χ0n) is 15.8. The highest BCUT2D eigenvalue weighted by Crippen LogP contribution is 2.44. The predicted molar refractivity (Wildman–Crippen MR) is 106 cm³/mol. The first-order valence-electron chi connectivity index (χ1n) is 9.02. The van der Waals surface area contributed by atoms with Crippen LogP contribution in [-0.4, -0.2) is 34.8 Å². The average molecular weight is 462 g/mol. The summed E-state index contributed by atoms with van der Waals surface area (Å²) in [6.45, 7) is 0.282. The topological polar surface area (TPSA) is 47.4 Å². The zero-order valence-corrected chi connectivity index (χ0v) is 17.4. The smallest absolute Gasteiger partial charge is 0.387 e. The first-order valence-corrected chi connectivity index (χ1v) is 10.2. The van der Waals surface area contributed by atoms with Crippen LogP contribution >= 0.6 is 22.9 Å². The normalized spacial score (nSPS) is 19.0. The fourth-order valence-corrected chi connectivity index (χ4v) is 5.24. The highest BCUT2D eigenvalue weighted by Gasteiger charge is 2.40. The summed E-state index contributed by atoms with van der Waals surface area (Å²) in [5, 5.41) is 4.34. The fraction of sp³-hybridized carbons (Fsp3) is 0.368. The number of alkyl halides is 4. The van der Waals surface area contributed by atoms with Crippen LogP contribution in [0.5, 0.6) is 5.75 Å². The van der Waals surface area contributed by atoms with Crippen LogP contribution in [0.25, 0.3) is 10.1 Å². The molecule has 1 aliphatic heterocycles. The van der Waals surface area contributed by atoms with Gasteiger partial charge in [-0.25, -0.2) is 13.5 Å². The summed E-state index contributed by atoms with van der Waals surface area (Å²) in [4.78, 5) is 14.9. The summed E-state index contributed by atoms with van der Waals surface area (Å²) in [6, 6.07) is 4.39. The van der Waals surface area contributed by atoms with Crippen molar-refractivity contribution < 1.29 is 27.1 Å². The number of aromatic nitrogens is 2. The molecule has 0 bridgehead atoms. The van der Waals surface area contributed by atoms with Crippen molar-refractivity contribution in [3.05, 3.63) is 39.9 Å². The summed E-state index contributed by atoms with van der Waals surface area (Å²) in [7, 11) is 0. The summed E-state index contributed by atoms with van der Waals surface area (Å²) in [6.07, 6.45) is -2.62. The maximum Gasteiger partial charge on any atom is 0.387 e. The van der Waals surface area contributed by atoms with Crippen LogP contribution in [0.15, 0.2) is 24.3 Å². The molecule has 0 spiro atoms. The quantitative estimate of drug-likeness (QED) is 0.454. The third kappa shape index (κ3) is 3.41. The molecule has 0 N–H and O–H groups in total. The molecule has 2 aromatic heterocycles. The second kappa shape index (κ2) is 7.73. The van der Waals surface area contributed by atoms with Crippen LogP contribution in [0, 0.1) is 6.92 Å². The van der Waals surface area contributed by atoms with E-state index in [1.54, 1.807) is 26.0 Å². The van der Waals surface area contributed by atoms with E-state index in [1.165, 1.54) is 21.7 Å². The summed E-state index contributed by atoms with van der Waals surface area (Å²) < 4.78 is 58.8. The predicted octanol–water partition coefficient (Wildman–Crippen LogP) is 5.91. The Labute approximate surface area is 177 Å². The molecule has 1 aromatic carbocycles. The van der Waals surface area contributed by atoms with Crippen LogP contribution in [-0.2, 0) is 0 Å². The Hall–Kier alpha value is -2.33. The van der Waals surface area contributed by atoms with Crippen molar-refractivity contribution in [1.82, 2.24) is 9.78 Å². The van der Waals surface area contributed by atoms with Gasteiger partial charge in [-0.15, -0.1) is 11.3 Å². The molecule has 1 aliphatic rings. The molecule has 4 rings (SSSR count). The molecule has 0 fully saturated rings. The van der Waals surface area contributed by atoms with Gasteiger partial charge in [-0.1, -0.05) is 17.7 Å². The highest BCUT2D eigenvalue weighted by atomic mass is 35.5. The van der Waals surface area contributed by atoms with Crippen LogP contribution in [0.3, 0.4) is 0 Å². The van der Waals surface area contributed by atoms with E-state index in [0.717, 1.165) is 11.3 Å². The van der Waals surface area contributed by atoms with E-state index in [0.29, 0.717) is 10.4 Å². The fourth-order valence-electron chi connectivity index (χ4n) is 3.74. The molecule has 2 atom stereocenters. The lowest BCUT2D eigenvalue weighted by atomic mass is 10.0. The molecule has 3 heterocycles. The van der Waals surface area contributed by atoms with Crippen molar-refractivity contribution in [3.63, 3.8) is 0 Å². The number of nitrogens with zero attached hydrogens (tertiary/aromatic N) is 3. The standard InChI is InChI=1S/C19H16ClF4N3O2S/c1-8-6-13-26(9(2)7-10(17(21)22)27(13)25-8)18(28)16-15(20)14-11(29-19(23)24)4-3-5-12(14)30-16/h3-6,9-10,17,19H,7H2,1-2H3/t9-,10+/m0/s1. The van der Waals surface area contributed by atoms with Gasteiger partial charge in [0.15, 0.2) is 0 Å². The number of carbonyl (C=O) groups is 1. The molecular weight excluding hydrogens is 446 g/mol. The van der Waals surface area contributed by atoms with E-state index in [2.05, 4.69) is 9.84 Å². The summed E-state index contributed by atoms with van der Waals surface area (Å²) in [5.41, 5.74) is 0.498. The first-order chi connectivity index (χ1) is 14.2. The van der Waals surface area contributed by atoms with Gasteiger partial charge in [0.05, 0.1) is 16.1 Å². The van der Waals surface area contributed by atoms with Crippen LogP contribution in [0.1, 0.15) is 34.8 Å². The minimum atomic E-state index is -3.04. The van der Waals surface area contributed by atoms with Crippen LogP contribution < -0.4 is 9.64 Å². The average Bonchev–Trinajstić information content (AvgIpc) is 3.20. The summed E-state index contributed by atoms with van der Waals surface area (Å²) >= 11 is 7.45. The minimum Gasteiger partial charge on any atom is -0.434 e. The molecule has 1 amide bonds. The molecular formula is C19H16ClF4N3O2S. The molecule has 0 saturated heterocycles. The van der Waals surface area contributed by atoms with E-state index >= 15 is 0 Å². The molecule has 11 heteroatoms. The van der Waals surface area contributed by atoms with Crippen molar-refractivity contribution in [1.29, 1.82) is 0 Å². The molecule has 3 aromatic rings. The maximum atomic E-state index is 13.5. The van der Waals surface area contributed by atoms with Gasteiger partial charge in [0, 0.05) is 16.8 Å². The van der Waals surface area contributed by atoms with Gasteiger partial charge in [0.25, 0.3) is 12.3 Å². The maximum absolute atomic E-state index is 13.5. The summed E-state index contributed by atoms with van der Waals surface area (Å²) in [5.74, 6) is -0.391. The van der Waals surface area contributed by atoms with Crippen molar-refractivity contribution in [2.75, 3.05) is 4.90 Å². The number of amides is 1. The Bertz CT molecular complexity index is 1120. The monoisotopic (exact) mass is 461 g/mol. The van der Waals surface area contributed by atoms with Crippen LogP contribution in [0.2, 0.25) is 5.02 Å². The largest absolute Gasteiger partial charge is 0.434 e. The third-order valence-corrected chi connectivity index (χ3v) is 6.59. The Morgan fingerprint density at radius 3 is 2.73 bits per heavy atom. The Kier molecular flexibility index (Phi) is 5.39. The van der Waals surface area contributed by atoms with Gasteiger partial charge < -0.3 is 4.74 Å². The Balaban J connectivity index is 1.80. The van der Waals surface area contributed by atoms with Gasteiger partial charge in [0.1, 0.15) is 22.5 Å². The van der Waals surface area contributed by atoms with Crippen LogP contribution in [0.4, 0.5) is 23.4 Å². The third-order valence-electron chi connectivity index (χ3n) is 4.96. The molecule has 0 saturated carbocycles. The molecule has 0 unspecified atom stereocenters. The van der Waals surface area contributed by atoms with E-state index in [4.69, 9.17) is 11.6 Å². The van der Waals surface area contributed by atoms with Crippen molar-refractivity contribution in [3.8, 4) is 5.75 Å². The lowest BCUT2D eigenvalue weighted by Crippen LogP contribution is -2.46. The Morgan fingerprint density at radius 1 is 1.33 bits per heavy atom. The number of ether oxygens (including phenoxy) is 1. The molecule has 160 valence electrons. The lowest BCUT2D eigenvalue weighted by molar-refractivity contribution is -0.0487. The number of benzene rings is 1. The molecule has 0 radical (unpaired) electrons. The highest BCUT2D eigenvalue weighted by molar-refractivity contribution is 7.21. The van der Waals surface area contributed by atoms with Gasteiger partial charge >= 0.3 is 6.61 Å². The van der Waals surface area contributed by atoms with Gasteiger partial charge in [-0.2, -0.15) is 13.9 Å². The second-order valence-corrected chi connectivity index (χ2v) is 8.43. The number of anilines is 1. The number of hydrogen-bond acceptors (Lipinski definition) is 4. The van der Waals surface area contributed by atoms with Crippen molar-refractivity contribution in [2.45, 2.75) is 45.4 Å². The second-order valence-electron chi connectivity index (χ2n) is 7.00. The van der Waals surface area contributed by atoms with E-state index in [9.17, 15) is 22.4 Å². The number of rotatable bonds is 4. The first kappa shape index (κ1) is 20.9.